The summed E-state index contributed by atoms with van der Waals surface area (Å²) in [4.78, 5) is 11.8. The summed E-state index contributed by atoms with van der Waals surface area (Å²) in [5.41, 5.74) is 6.34. The first kappa shape index (κ1) is 10.9. The number of furan rings is 1. The van der Waals surface area contributed by atoms with Crippen LogP contribution in [0.5, 0.6) is 0 Å². The number of para-hydroxylation sites is 1. The number of carbonyl (C=O) groups excluding carboxylic acids is 1. The van der Waals surface area contributed by atoms with Gasteiger partial charge >= 0.3 is 0 Å². The van der Waals surface area contributed by atoms with Crippen LogP contribution in [0.1, 0.15) is 10.6 Å². The van der Waals surface area contributed by atoms with Crippen LogP contribution in [0.15, 0.2) is 34.7 Å². The lowest BCUT2D eigenvalue weighted by Gasteiger charge is -2.05. The van der Waals surface area contributed by atoms with E-state index in [2.05, 4.69) is 0 Å². The topological polar surface area (TPSA) is 65.5 Å². The van der Waals surface area contributed by atoms with Crippen LogP contribution in [0.25, 0.3) is 11.0 Å². The summed E-state index contributed by atoms with van der Waals surface area (Å²) in [6, 6.07) is 8.47. The van der Waals surface area contributed by atoms with Gasteiger partial charge in [0.15, 0.2) is 5.76 Å². The molecular formula is C12H13NO3. The van der Waals surface area contributed by atoms with Crippen LogP contribution in [0.4, 0.5) is 0 Å². The molecule has 84 valence electrons. The van der Waals surface area contributed by atoms with Crippen molar-refractivity contribution < 1.29 is 13.9 Å². The standard InChI is InChI=1S/C12H13NO3/c1-15-7-9(13)12(14)11-6-8-4-2-3-5-10(8)16-11/h2-6,9H,7,13H2,1H3. The molecule has 1 heterocycles. The van der Waals surface area contributed by atoms with Crippen molar-refractivity contribution in [3.05, 3.63) is 36.1 Å². The Kier molecular flexibility index (Phi) is 3.03. The lowest BCUT2D eigenvalue weighted by Crippen LogP contribution is -2.34. The van der Waals surface area contributed by atoms with Crippen molar-refractivity contribution in [3.63, 3.8) is 0 Å². The van der Waals surface area contributed by atoms with Gasteiger partial charge in [0, 0.05) is 12.5 Å². The monoisotopic (exact) mass is 219 g/mol. The van der Waals surface area contributed by atoms with Gasteiger partial charge in [-0.2, -0.15) is 0 Å². The number of methoxy groups -OCH3 is 1. The zero-order chi connectivity index (χ0) is 11.5. The molecule has 0 saturated carbocycles. The molecule has 0 spiro atoms. The van der Waals surface area contributed by atoms with Gasteiger partial charge in [0.2, 0.25) is 5.78 Å². The van der Waals surface area contributed by atoms with Crippen molar-refractivity contribution in [2.75, 3.05) is 13.7 Å². The number of nitrogens with two attached hydrogens (primary N) is 1. The molecule has 4 heteroatoms. The lowest BCUT2D eigenvalue weighted by molar-refractivity contribution is 0.0867. The van der Waals surface area contributed by atoms with E-state index in [0.29, 0.717) is 5.58 Å². The van der Waals surface area contributed by atoms with Crippen molar-refractivity contribution in [3.8, 4) is 0 Å². The van der Waals surface area contributed by atoms with Gasteiger partial charge in [-0.1, -0.05) is 18.2 Å². The fraction of sp³-hybridized carbons (Fsp3) is 0.250. The Labute approximate surface area is 93.0 Å². The average Bonchev–Trinajstić information content (AvgIpc) is 2.71. The van der Waals surface area contributed by atoms with Gasteiger partial charge in [-0.05, 0) is 12.1 Å². The Morgan fingerprint density at radius 3 is 2.94 bits per heavy atom. The maximum atomic E-state index is 11.8. The Morgan fingerprint density at radius 1 is 1.50 bits per heavy atom. The van der Waals surface area contributed by atoms with E-state index in [1.165, 1.54) is 7.11 Å². The third kappa shape index (κ3) is 1.98. The van der Waals surface area contributed by atoms with Crippen molar-refractivity contribution >= 4 is 16.8 Å². The second-order valence-electron chi connectivity index (χ2n) is 3.57. The molecule has 2 N–H and O–H groups in total. The third-order valence-electron chi connectivity index (χ3n) is 2.35. The molecule has 1 unspecified atom stereocenters. The van der Waals surface area contributed by atoms with Crippen LogP contribution in [-0.4, -0.2) is 25.5 Å². The van der Waals surface area contributed by atoms with Crippen LogP contribution >= 0.6 is 0 Å². The van der Waals surface area contributed by atoms with Crippen molar-refractivity contribution in [1.82, 2.24) is 0 Å². The summed E-state index contributed by atoms with van der Waals surface area (Å²) >= 11 is 0. The number of benzene rings is 1. The predicted molar refractivity (Wildman–Crippen MR) is 60.4 cm³/mol. The summed E-state index contributed by atoms with van der Waals surface area (Å²) in [6.07, 6.45) is 0. The number of carbonyl (C=O) groups is 1. The summed E-state index contributed by atoms with van der Waals surface area (Å²) in [5, 5.41) is 0.899. The molecule has 0 aliphatic heterocycles. The lowest BCUT2D eigenvalue weighted by atomic mass is 10.1. The largest absolute Gasteiger partial charge is 0.453 e. The Bertz CT molecular complexity index is 471. The number of ketones is 1. The minimum atomic E-state index is -0.675. The normalized spacial score (nSPS) is 12.9. The van der Waals surface area contributed by atoms with E-state index in [9.17, 15) is 4.79 Å². The number of ether oxygens (including phenoxy) is 1. The molecule has 0 radical (unpaired) electrons. The number of fused-ring (bicyclic) bond motifs is 1. The number of Topliss-reactive ketones (excluding diaryl/α,β-unsaturated/α-hetero) is 1. The molecule has 0 aliphatic carbocycles. The average molecular weight is 219 g/mol. The van der Waals surface area contributed by atoms with Gasteiger partial charge in [0.05, 0.1) is 12.6 Å². The third-order valence-corrected chi connectivity index (χ3v) is 2.35. The van der Waals surface area contributed by atoms with Crippen molar-refractivity contribution in [2.24, 2.45) is 5.73 Å². The molecule has 2 rings (SSSR count). The number of rotatable bonds is 4. The van der Waals surface area contributed by atoms with Gasteiger partial charge < -0.3 is 14.9 Å². The molecule has 0 amide bonds. The second kappa shape index (κ2) is 4.47. The van der Waals surface area contributed by atoms with Gasteiger partial charge in [-0.3, -0.25) is 4.79 Å². The second-order valence-corrected chi connectivity index (χ2v) is 3.57. The van der Waals surface area contributed by atoms with Crippen molar-refractivity contribution in [2.45, 2.75) is 6.04 Å². The minimum absolute atomic E-state index is 0.190. The van der Waals surface area contributed by atoms with E-state index >= 15 is 0 Å². The molecule has 0 bridgehead atoms. The van der Waals surface area contributed by atoms with E-state index in [4.69, 9.17) is 14.9 Å². The first-order valence-corrected chi connectivity index (χ1v) is 4.99. The highest BCUT2D eigenvalue weighted by atomic mass is 16.5. The molecule has 2 aromatic rings. The fourth-order valence-corrected chi connectivity index (χ4v) is 1.54. The van der Waals surface area contributed by atoms with Gasteiger partial charge in [0.25, 0.3) is 0 Å². The van der Waals surface area contributed by atoms with E-state index < -0.39 is 6.04 Å². The van der Waals surface area contributed by atoms with Crippen LogP contribution < -0.4 is 5.73 Å². The quantitative estimate of drug-likeness (QED) is 0.793. The van der Waals surface area contributed by atoms with Crippen LogP contribution in [0, 0.1) is 0 Å². The molecule has 16 heavy (non-hydrogen) atoms. The van der Waals surface area contributed by atoms with Gasteiger partial charge in [-0.15, -0.1) is 0 Å². The summed E-state index contributed by atoms with van der Waals surface area (Å²) in [5.74, 6) is 0.0452. The zero-order valence-corrected chi connectivity index (χ0v) is 8.97. The fourth-order valence-electron chi connectivity index (χ4n) is 1.54. The molecular weight excluding hydrogens is 206 g/mol. The molecule has 0 fully saturated rings. The Morgan fingerprint density at radius 2 is 2.25 bits per heavy atom. The molecule has 1 aromatic carbocycles. The SMILES string of the molecule is COCC(N)C(=O)c1cc2ccccc2o1. The molecule has 4 nitrogen and oxygen atoms in total. The summed E-state index contributed by atoms with van der Waals surface area (Å²) < 4.78 is 10.2. The number of hydrogen-bond donors (Lipinski definition) is 1. The number of hydrogen-bond acceptors (Lipinski definition) is 4. The Hall–Kier alpha value is -1.65. The van der Waals surface area contributed by atoms with Crippen LogP contribution in [0.2, 0.25) is 0 Å². The first-order chi connectivity index (χ1) is 7.72. The van der Waals surface area contributed by atoms with Gasteiger partial charge in [0.1, 0.15) is 5.58 Å². The van der Waals surface area contributed by atoms with E-state index in [1.807, 2.05) is 24.3 Å². The van der Waals surface area contributed by atoms with E-state index in [-0.39, 0.29) is 18.2 Å². The molecule has 1 atom stereocenters. The maximum Gasteiger partial charge on any atom is 0.216 e. The molecule has 1 aromatic heterocycles. The molecule has 0 aliphatic rings. The highest BCUT2D eigenvalue weighted by molar-refractivity contribution is 6.00. The van der Waals surface area contributed by atoms with E-state index in [0.717, 1.165) is 5.39 Å². The van der Waals surface area contributed by atoms with Crippen molar-refractivity contribution in [1.29, 1.82) is 0 Å². The van der Waals surface area contributed by atoms with Gasteiger partial charge in [-0.25, -0.2) is 0 Å². The maximum absolute atomic E-state index is 11.8. The van der Waals surface area contributed by atoms with Crippen LogP contribution in [-0.2, 0) is 4.74 Å². The van der Waals surface area contributed by atoms with Crippen LogP contribution in [0.3, 0.4) is 0 Å². The molecule has 0 saturated heterocycles. The predicted octanol–water partition coefficient (Wildman–Crippen LogP) is 1.59. The summed E-state index contributed by atoms with van der Waals surface area (Å²) in [7, 11) is 1.51. The summed E-state index contributed by atoms with van der Waals surface area (Å²) in [6.45, 7) is 0.190. The Balaban J connectivity index is 2.29. The smallest absolute Gasteiger partial charge is 0.216 e. The highest BCUT2D eigenvalue weighted by Crippen LogP contribution is 2.19. The van der Waals surface area contributed by atoms with E-state index in [1.54, 1.807) is 6.07 Å². The zero-order valence-electron chi connectivity index (χ0n) is 8.97. The minimum Gasteiger partial charge on any atom is -0.453 e. The highest BCUT2D eigenvalue weighted by Gasteiger charge is 2.19. The first-order valence-electron chi connectivity index (χ1n) is 4.99.